The summed E-state index contributed by atoms with van der Waals surface area (Å²) in [4.78, 5) is 30.1. The van der Waals surface area contributed by atoms with Gasteiger partial charge in [-0.1, -0.05) is 18.2 Å². The van der Waals surface area contributed by atoms with Crippen LogP contribution in [0.25, 0.3) is 6.08 Å². The van der Waals surface area contributed by atoms with E-state index in [1.165, 1.54) is 41.3 Å². The van der Waals surface area contributed by atoms with Crippen LogP contribution in [0.5, 0.6) is 5.75 Å². The zero-order valence-corrected chi connectivity index (χ0v) is 15.3. The number of halogens is 1. The van der Waals surface area contributed by atoms with Gasteiger partial charge < -0.3 is 10.2 Å². The Hall–Kier alpha value is -3.39. The number of aliphatic imine (C=N–C) groups is 1. The topological polar surface area (TPSA) is 90.2 Å². The van der Waals surface area contributed by atoms with Gasteiger partial charge >= 0.3 is 5.97 Å². The lowest BCUT2D eigenvalue weighted by Gasteiger charge is -2.13. The number of carbonyl (C=O) groups excluding carboxylic acids is 1. The van der Waals surface area contributed by atoms with Crippen molar-refractivity contribution in [3.05, 3.63) is 77.0 Å². The molecule has 2 aromatic rings. The van der Waals surface area contributed by atoms with Crippen molar-refractivity contribution in [2.24, 2.45) is 4.99 Å². The molecule has 1 amide bonds. The predicted octanol–water partition coefficient (Wildman–Crippen LogP) is 4.02. The number of carbonyl (C=O) groups is 2. The van der Waals surface area contributed by atoms with Crippen LogP contribution in [0, 0.1) is 5.82 Å². The Morgan fingerprint density at radius 3 is 2.75 bits per heavy atom. The van der Waals surface area contributed by atoms with Crippen molar-refractivity contribution in [1.82, 2.24) is 4.90 Å². The number of phenolic OH excluding ortho intramolecular Hbond substituents is 1. The summed E-state index contributed by atoms with van der Waals surface area (Å²) in [7, 11) is 0. The van der Waals surface area contributed by atoms with E-state index in [1.807, 2.05) is 0 Å². The van der Waals surface area contributed by atoms with E-state index in [0.29, 0.717) is 10.5 Å². The lowest BCUT2D eigenvalue weighted by molar-refractivity contribution is -0.121. The van der Waals surface area contributed by atoms with Gasteiger partial charge in [0.15, 0.2) is 5.17 Å². The number of hydrogen-bond acceptors (Lipinski definition) is 5. The van der Waals surface area contributed by atoms with Gasteiger partial charge in [0.1, 0.15) is 11.6 Å². The molecule has 0 bridgehead atoms. The molecule has 8 heteroatoms. The van der Waals surface area contributed by atoms with E-state index < -0.39 is 11.8 Å². The van der Waals surface area contributed by atoms with Crippen molar-refractivity contribution >= 4 is 40.6 Å². The maximum atomic E-state index is 13.4. The number of thioether (sulfide) groups is 1. The number of amides is 1. The zero-order chi connectivity index (χ0) is 20.3. The summed E-state index contributed by atoms with van der Waals surface area (Å²) in [6.45, 7) is 3.80. The minimum atomic E-state index is -1.25. The number of aromatic hydroxyl groups is 1. The predicted molar refractivity (Wildman–Crippen MR) is 106 cm³/mol. The van der Waals surface area contributed by atoms with Gasteiger partial charge in [0, 0.05) is 6.54 Å². The smallest absolute Gasteiger partial charge is 0.338 e. The highest BCUT2D eigenvalue weighted by Gasteiger charge is 2.33. The highest BCUT2D eigenvalue weighted by molar-refractivity contribution is 8.18. The summed E-state index contributed by atoms with van der Waals surface area (Å²) in [5.74, 6) is -2.22. The molecular weight excluding hydrogens is 383 g/mol. The molecule has 1 heterocycles. The fourth-order valence-electron chi connectivity index (χ4n) is 2.53. The van der Waals surface area contributed by atoms with E-state index in [9.17, 15) is 24.2 Å². The summed E-state index contributed by atoms with van der Waals surface area (Å²) >= 11 is 1.05. The van der Waals surface area contributed by atoms with Crippen molar-refractivity contribution in [2.75, 3.05) is 6.54 Å². The first-order valence-corrected chi connectivity index (χ1v) is 8.93. The molecule has 0 atom stereocenters. The molecule has 1 aliphatic heterocycles. The van der Waals surface area contributed by atoms with Crippen molar-refractivity contribution in [3.8, 4) is 5.75 Å². The molecule has 2 N–H and O–H groups in total. The Balaban J connectivity index is 2.03. The molecule has 0 radical (unpaired) electrons. The SMILES string of the molecule is C=CCN1C(=O)/C(=C/c2cccc(F)c2)SC1=Nc1ccc(O)cc1C(=O)O. The Bertz CT molecular complexity index is 1030. The quantitative estimate of drug-likeness (QED) is 0.586. The molecule has 6 nitrogen and oxygen atoms in total. The summed E-state index contributed by atoms with van der Waals surface area (Å²) in [6.07, 6.45) is 3.07. The number of nitrogens with zero attached hydrogens (tertiary/aromatic N) is 2. The number of phenols is 1. The van der Waals surface area contributed by atoms with Gasteiger partial charge in [-0.25, -0.2) is 14.2 Å². The van der Waals surface area contributed by atoms with E-state index in [4.69, 9.17) is 0 Å². The minimum Gasteiger partial charge on any atom is -0.508 e. The average Bonchev–Trinajstić information content (AvgIpc) is 2.92. The van der Waals surface area contributed by atoms with Crippen LogP contribution in [0.1, 0.15) is 15.9 Å². The number of carboxylic acid groups (broad SMARTS) is 1. The van der Waals surface area contributed by atoms with Gasteiger partial charge in [-0.2, -0.15) is 0 Å². The second kappa shape index (κ2) is 8.10. The van der Waals surface area contributed by atoms with Crippen molar-refractivity contribution in [1.29, 1.82) is 0 Å². The molecule has 142 valence electrons. The number of carboxylic acids is 1. The van der Waals surface area contributed by atoms with Gasteiger partial charge in [-0.15, -0.1) is 6.58 Å². The highest BCUT2D eigenvalue weighted by atomic mass is 32.2. The van der Waals surface area contributed by atoms with E-state index in [0.717, 1.165) is 17.8 Å². The van der Waals surface area contributed by atoms with Gasteiger partial charge in [-0.3, -0.25) is 9.69 Å². The second-order valence-corrected chi connectivity index (χ2v) is 6.78. The van der Waals surface area contributed by atoms with Crippen molar-refractivity contribution in [2.45, 2.75) is 0 Å². The summed E-state index contributed by atoms with van der Waals surface area (Å²) < 4.78 is 13.4. The van der Waals surface area contributed by atoms with Crippen molar-refractivity contribution < 1.29 is 24.2 Å². The Kier molecular flexibility index (Phi) is 5.60. The van der Waals surface area contributed by atoms with Crippen LogP contribution in [0.2, 0.25) is 0 Å². The lowest BCUT2D eigenvalue weighted by atomic mass is 10.2. The number of hydrogen-bond donors (Lipinski definition) is 2. The van der Waals surface area contributed by atoms with Gasteiger partial charge in [-0.05, 0) is 53.7 Å². The Morgan fingerprint density at radius 2 is 2.07 bits per heavy atom. The van der Waals surface area contributed by atoms with Crippen LogP contribution in [-0.4, -0.2) is 38.7 Å². The van der Waals surface area contributed by atoms with E-state index in [-0.39, 0.29) is 34.6 Å². The average molecular weight is 398 g/mol. The molecule has 1 saturated heterocycles. The first-order valence-electron chi connectivity index (χ1n) is 8.12. The largest absolute Gasteiger partial charge is 0.508 e. The van der Waals surface area contributed by atoms with Gasteiger partial charge in [0.2, 0.25) is 0 Å². The number of rotatable bonds is 5. The summed E-state index contributed by atoms with van der Waals surface area (Å²) in [5, 5.41) is 19.1. The molecule has 3 rings (SSSR count). The Labute approximate surface area is 164 Å². The third kappa shape index (κ3) is 4.12. The molecule has 28 heavy (non-hydrogen) atoms. The van der Waals surface area contributed by atoms with Crippen LogP contribution in [0.4, 0.5) is 10.1 Å². The fraction of sp³-hybridized carbons (Fsp3) is 0.0500. The van der Waals surface area contributed by atoms with Crippen LogP contribution >= 0.6 is 11.8 Å². The maximum Gasteiger partial charge on any atom is 0.338 e. The normalized spacial score (nSPS) is 16.8. The molecule has 0 aliphatic carbocycles. The summed E-state index contributed by atoms with van der Waals surface area (Å²) in [6, 6.07) is 9.57. The second-order valence-electron chi connectivity index (χ2n) is 5.77. The molecule has 0 saturated carbocycles. The standard InChI is InChI=1S/C20H15FN2O4S/c1-2-8-23-18(25)17(10-12-4-3-5-13(21)9-12)28-20(23)22-16-7-6-14(24)11-15(16)19(26)27/h2-7,9-11,24H,1,8H2,(H,26,27)/b17-10-,22-20?. The first-order chi connectivity index (χ1) is 13.4. The summed E-state index contributed by atoms with van der Waals surface area (Å²) in [5.41, 5.74) is 0.426. The fourth-order valence-corrected chi connectivity index (χ4v) is 3.53. The van der Waals surface area contributed by atoms with E-state index in [1.54, 1.807) is 12.1 Å². The lowest BCUT2D eigenvalue weighted by Crippen LogP contribution is -2.29. The number of aromatic carboxylic acids is 1. The molecule has 0 aromatic heterocycles. The number of benzene rings is 2. The van der Waals surface area contributed by atoms with Crippen LogP contribution in [0.3, 0.4) is 0 Å². The molecule has 0 unspecified atom stereocenters. The number of amidine groups is 1. The maximum absolute atomic E-state index is 13.4. The molecule has 1 aliphatic rings. The van der Waals surface area contributed by atoms with E-state index in [2.05, 4.69) is 11.6 Å². The third-order valence-corrected chi connectivity index (χ3v) is 4.78. The molecular formula is C20H15FN2O4S. The van der Waals surface area contributed by atoms with Gasteiger partial charge in [0.05, 0.1) is 16.2 Å². The van der Waals surface area contributed by atoms with Crippen LogP contribution in [-0.2, 0) is 4.79 Å². The van der Waals surface area contributed by atoms with Crippen LogP contribution < -0.4 is 0 Å². The van der Waals surface area contributed by atoms with Crippen molar-refractivity contribution in [3.63, 3.8) is 0 Å². The monoisotopic (exact) mass is 398 g/mol. The van der Waals surface area contributed by atoms with Gasteiger partial charge in [0.25, 0.3) is 5.91 Å². The zero-order valence-electron chi connectivity index (χ0n) is 14.5. The van der Waals surface area contributed by atoms with Crippen LogP contribution in [0.15, 0.2) is 65.0 Å². The Morgan fingerprint density at radius 1 is 1.29 bits per heavy atom. The first kappa shape index (κ1) is 19.4. The molecule has 2 aromatic carbocycles. The third-order valence-electron chi connectivity index (χ3n) is 3.77. The highest BCUT2D eigenvalue weighted by Crippen LogP contribution is 2.35. The molecule has 1 fully saturated rings. The molecule has 0 spiro atoms. The van der Waals surface area contributed by atoms with E-state index >= 15 is 0 Å². The minimum absolute atomic E-state index is 0.0988.